The Morgan fingerprint density at radius 2 is 1.96 bits per heavy atom. The Balaban J connectivity index is 1.54. The number of anilines is 1. The summed E-state index contributed by atoms with van der Waals surface area (Å²) < 4.78 is 16.7. The van der Waals surface area contributed by atoms with E-state index in [0.717, 1.165) is 25.9 Å². The molecule has 2 fully saturated rings. The van der Waals surface area contributed by atoms with Crippen LogP contribution in [-0.2, 0) is 9.47 Å². The van der Waals surface area contributed by atoms with Crippen LogP contribution in [0.1, 0.15) is 33.6 Å². The van der Waals surface area contributed by atoms with Crippen molar-refractivity contribution in [2.45, 2.75) is 51.4 Å². The number of carbonyl (C=O) groups is 1. The molecular weight excluding hydrogens is 372 g/mol. The van der Waals surface area contributed by atoms with Gasteiger partial charge >= 0.3 is 6.09 Å². The average molecular weight is 399 g/mol. The third-order valence-corrected chi connectivity index (χ3v) is 4.73. The molecule has 0 N–H and O–H groups in total. The van der Waals surface area contributed by atoms with Crippen molar-refractivity contribution in [3.8, 4) is 5.88 Å². The summed E-state index contributed by atoms with van der Waals surface area (Å²) in [6.07, 6.45) is 1.13. The van der Waals surface area contributed by atoms with Crippen LogP contribution in [0.25, 0.3) is 0 Å². The van der Waals surface area contributed by atoms with Gasteiger partial charge in [0.25, 0.3) is 0 Å². The van der Waals surface area contributed by atoms with Crippen molar-refractivity contribution in [1.82, 2.24) is 14.9 Å². The molecule has 1 aromatic rings. The highest BCUT2D eigenvalue weighted by molar-refractivity contribution is 6.29. The van der Waals surface area contributed by atoms with E-state index in [1.165, 1.54) is 0 Å². The van der Waals surface area contributed by atoms with Crippen LogP contribution in [0.5, 0.6) is 5.88 Å². The molecule has 2 aliphatic rings. The van der Waals surface area contributed by atoms with Gasteiger partial charge in [0.1, 0.15) is 16.9 Å². The molecule has 150 valence electrons. The smallest absolute Gasteiger partial charge is 0.410 e. The molecule has 1 saturated heterocycles. The van der Waals surface area contributed by atoms with E-state index in [9.17, 15) is 4.79 Å². The summed E-state index contributed by atoms with van der Waals surface area (Å²) >= 11 is 6.14. The topological polar surface area (TPSA) is 77.0 Å². The first-order valence-electron chi connectivity index (χ1n) is 9.21. The highest BCUT2D eigenvalue weighted by Crippen LogP contribution is 2.31. The van der Waals surface area contributed by atoms with Crippen LogP contribution in [0, 0.1) is 0 Å². The third-order valence-electron chi connectivity index (χ3n) is 4.54. The normalized spacial score (nSPS) is 22.8. The Labute approximate surface area is 164 Å². The van der Waals surface area contributed by atoms with Crippen molar-refractivity contribution in [3.05, 3.63) is 11.2 Å². The zero-order valence-corrected chi connectivity index (χ0v) is 17.0. The van der Waals surface area contributed by atoms with Crippen LogP contribution >= 0.6 is 11.6 Å². The minimum absolute atomic E-state index is 0.0107. The maximum absolute atomic E-state index is 12.1. The van der Waals surface area contributed by atoms with E-state index in [1.807, 2.05) is 25.7 Å². The molecule has 3 rings (SSSR count). The summed E-state index contributed by atoms with van der Waals surface area (Å²) in [5.74, 6) is 1.02. The van der Waals surface area contributed by atoms with Gasteiger partial charge in [-0.15, -0.1) is 0 Å². The van der Waals surface area contributed by atoms with Crippen LogP contribution in [0.15, 0.2) is 6.07 Å². The predicted molar refractivity (Wildman–Crippen MR) is 102 cm³/mol. The van der Waals surface area contributed by atoms with Gasteiger partial charge in [-0.2, -0.15) is 4.98 Å². The van der Waals surface area contributed by atoms with Gasteiger partial charge in [-0.1, -0.05) is 11.6 Å². The quantitative estimate of drug-likeness (QED) is 0.721. The van der Waals surface area contributed by atoms with Gasteiger partial charge in [0.15, 0.2) is 0 Å². The Kier molecular flexibility index (Phi) is 5.95. The molecule has 0 radical (unpaired) electrons. The van der Waals surface area contributed by atoms with E-state index in [4.69, 9.17) is 25.8 Å². The number of hydrogen-bond donors (Lipinski definition) is 0. The summed E-state index contributed by atoms with van der Waals surface area (Å²) in [6.45, 7) is 8.32. The van der Waals surface area contributed by atoms with Crippen LogP contribution in [-0.4, -0.2) is 72.1 Å². The summed E-state index contributed by atoms with van der Waals surface area (Å²) in [7, 11) is 1.76. The van der Waals surface area contributed by atoms with Gasteiger partial charge in [0.05, 0.1) is 13.2 Å². The molecule has 9 heteroatoms. The van der Waals surface area contributed by atoms with E-state index in [1.54, 1.807) is 18.0 Å². The van der Waals surface area contributed by atoms with Crippen molar-refractivity contribution in [1.29, 1.82) is 0 Å². The molecule has 1 aliphatic carbocycles. The average Bonchev–Trinajstić information content (AvgIpc) is 2.56. The van der Waals surface area contributed by atoms with E-state index in [-0.39, 0.29) is 18.2 Å². The fourth-order valence-electron chi connectivity index (χ4n) is 2.95. The molecule has 0 bridgehead atoms. The Morgan fingerprint density at radius 1 is 1.30 bits per heavy atom. The predicted octanol–water partition coefficient (Wildman–Crippen LogP) is 2.74. The van der Waals surface area contributed by atoms with Gasteiger partial charge in [-0.3, -0.25) is 0 Å². The lowest BCUT2D eigenvalue weighted by Gasteiger charge is -2.40. The number of amides is 1. The molecule has 2 heterocycles. The molecule has 1 aromatic heterocycles. The van der Waals surface area contributed by atoms with Gasteiger partial charge in [0, 0.05) is 45.1 Å². The Hall–Kier alpha value is -1.80. The minimum atomic E-state index is -0.501. The van der Waals surface area contributed by atoms with E-state index in [0.29, 0.717) is 30.2 Å². The van der Waals surface area contributed by atoms with Crippen LogP contribution in [0.3, 0.4) is 0 Å². The minimum Gasteiger partial charge on any atom is -0.474 e. The molecule has 1 aliphatic heterocycles. The van der Waals surface area contributed by atoms with Gasteiger partial charge in [-0.25, -0.2) is 9.78 Å². The van der Waals surface area contributed by atoms with Gasteiger partial charge in [-0.05, 0) is 20.8 Å². The molecule has 27 heavy (non-hydrogen) atoms. The third kappa shape index (κ3) is 5.35. The largest absolute Gasteiger partial charge is 0.474 e. The highest BCUT2D eigenvalue weighted by atomic mass is 35.5. The van der Waals surface area contributed by atoms with Gasteiger partial charge in [0.2, 0.25) is 11.8 Å². The van der Waals surface area contributed by atoms with Crippen molar-refractivity contribution >= 4 is 23.6 Å². The van der Waals surface area contributed by atoms with E-state index >= 15 is 0 Å². The van der Waals surface area contributed by atoms with Gasteiger partial charge < -0.3 is 24.0 Å². The second-order valence-electron chi connectivity index (χ2n) is 7.88. The highest BCUT2D eigenvalue weighted by Gasteiger charge is 2.37. The van der Waals surface area contributed by atoms with Crippen molar-refractivity contribution < 1.29 is 19.0 Å². The Morgan fingerprint density at radius 3 is 2.59 bits per heavy atom. The summed E-state index contributed by atoms with van der Waals surface area (Å²) in [4.78, 5) is 24.6. The maximum atomic E-state index is 12.1. The van der Waals surface area contributed by atoms with E-state index in [2.05, 4.69) is 9.97 Å². The summed E-state index contributed by atoms with van der Waals surface area (Å²) in [6, 6.07) is 1.72. The van der Waals surface area contributed by atoms with Crippen LogP contribution in [0.4, 0.5) is 10.7 Å². The molecule has 0 unspecified atom stereocenters. The maximum Gasteiger partial charge on any atom is 0.410 e. The molecule has 8 nitrogen and oxygen atoms in total. The number of aromatic nitrogens is 2. The number of rotatable bonds is 4. The number of carbonyl (C=O) groups excluding carboxylic acids is 1. The van der Waals surface area contributed by atoms with Crippen LogP contribution in [0.2, 0.25) is 5.15 Å². The fourth-order valence-corrected chi connectivity index (χ4v) is 3.12. The first kappa shape index (κ1) is 19.9. The molecule has 0 atom stereocenters. The number of morpholine rings is 1. The van der Waals surface area contributed by atoms with E-state index < -0.39 is 5.60 Å². The SMILES string of the molecule is CN(C(=O)OC(C)(C)C)[C@H]1C[C@H](Oc2cc(Cl)nc(N3CCOCC3)n2)C1. The van der Waals surface area contributed by atoms with Crippen molar-refractivity contribution in [3.63, 3.8) is 0 Å². The fraction of sp³-hybridized carbons (Fsp3) is 0.722. The zero-order valence-electron chi connectivity index (χ0n) is 16.3. The molecule has 1 amide bonds. The number of nitrogens with zero attached hydrogens (tertiary/aromatic N) is 4. The lowest BCUT2D eigenvalue weighted by Crippen LogP contribution is -2.51. The molecular formula is C18H27ClN4O4. The lowest BCUT2D eigenvalue weighted by molar-refractivity contribution is -0.00965. The van der Waals surface area contributed by atoms with Crippen LogP contribution < -0.4 is 9.64 Å². The Bertz CT molecular complexity index is 670. The zero-order chi connectivity index (χ0) is 19.6. The van der Waals surface area contributed by atoms with Crippen molar-refractivity contribution in [2.24, 2.45) is 0 Å². The lowest BCUT2D eigenvalue weighted by atomic mass is 9.88. The summed E-state index contributed by atoms with van der Waals surface area (Å²) in [5, 5.41) is 0.350. The second kappa shape index (κ2) is 8.06. The molecule has 1 saturated carbocycles. The standard InChI is InChI=1S/C18H27ClN4O4/c1-18(2,3)27-17(24)22(4)12-9-13(10-12)26-15-11-14(19)20-16(21-15)23-5-7-25-8-6-23/h11-13H,5-10H2,1-4H3/t12-,13-. The first-order chi connectivity index (χ1) is 12.7. The number of hydrogen-bond acceptors (Lipinski definition) is 7. The monoisotopic (exact) mass is 398 g/mol. The number of halogens is 1. The molecule has 0 aromatic carbocycles. The first-order valence-corrected chi connectivity index (χ1v) is 9.59. The molecule has 0 spiro atoms. The number of ether oxygens (including phenoxy) is 3. The second-order valence-corrected chi connectivity index (χ2v) is 8.27. The van der Waals surface area contributed by atoms with Crippen molar-refractivity contribution in [2.75, 3.05) is 38.3 Å². The summed E-state index contributed by atoms with van der Waals surface area (Å²) in [5.41, 5.74) is -0.501.